The zero-order valence-electron chi connectivity index (χ0n) is 10.1. The normalized spacial score (nSPS) is 14.0. The van der Waals surface area contributed by atoms with Gasteiger partial charge in [-0.05, 0) is 19.5 Å². The van der Waals surface area contributed by atoms with Crippen molar-refractivity contribution >= 4 is 15.8 Å². The maximum Gasteiger partial charge on any atom is 0.321 e. The zero-order chi connectivity index (χ0) is 12.8. The van der Waals surface area contributed by atoms with E-state index in [0.717, 1.165) is 13.1 Å². The van der Waals surface area contributed by atoms with E-state index in [2.05, 4.69) is 0 Å². The predicted molar refractivity (Wildman–Crippen MR) is 63.3 cm³/mol. The van der Waals surface area contributed by atoms with Gasteiger partial charge in [-0.3, -0.25) is 4.79 Å². The van der Waals surface area contributed by atoms with E-state index in [1.165, 1.54) is 0 Å². The number of carboxylic acid groups (broad SMARTS) is 1. The molecule has 0 aliphatic heterocycles. The van der Waals surface area contributed by atoms with Crippen LogP contribution in [0.5, 0.6) is 0 Å². The number of carbonyl (C=O) groups is 1. The minimum Gasteiger partial charge on any atom is -0.480 e. The van der Waals surface area contributed by atoms with Crippen molar-refractivity contribution in [2.75, 3.05) is 25.4 Å². The van der Waals surface area contributed by atoms with Crippen LogP contribution in [0.15, 0.2) is 0 Å². The Labute approximate surface area is 97.4 Å². The molecule has 0 aliphatic rings. The highest BCUT2D eigenvalue weighted by molar-refractivity contribution is 7.92. The Hall–Kier alpha value is -0.620. The van der Waals surface area contributed by atoms with Gasteiger partial charge in [0.25, 0.3) is 0 Å². The van der Waals surface area contributed by atoms with E-state index in [4.69, 9.17) is 5.11 Å². The molecule has 0 aromatic carbocycles. The molecule has 6 heteroatoms. The maximum absolute atomic E-state index is 11.7. The highest BCUT2D eigenvalue weighted by Crippen LogP contribution is 2.08. The van der Waals surface area contributed by atoms with Crippen molar-refractivity contribution in [3.05, 3.63) is 0 Å². The van der Waals surface area contributed by atoms with E-state index in [9.17, 15) is 13.2 Å². The summed E-state index contributed by atoms with van der Waals surface area (Å²) in [6, 6.07) is 0. The molecule has 0 aromatic heterocycles. The van der Waals surface area contributed by atoms with E-state index in [1.54, 1.807) is 6.92 Å². The number of hydrogen-bond acceptors (Lipinski definition) is 4. The molecule has 0 aromatic rings. The van der Waals surface area contributed by atoms with Crippen LogP contribution in [0.4, 0.5) is 0 Å². The van der Waals surface area contributed by atoms with Gasteiger partial charge in [0.2, 0.25) is 0 Å². The Morgan fingerprint density at radius 2 is 1.75 bits per heavy atom. The molecule has 0 saturated heterocycles. The van der Waals surface area contributed by atoms with Gasteiger partial charge in [-0.15, -0.1) is 0 Å². The SMILES string of the molecule is CCC(C(=O)O)S(=O)(=O)CCN(CC)CC. The minimum absolute atomic E-state index is 0.0838. The van der Waals surface area contributed by atoms with Gasteiger partial charge in [-0.2, -0.15) is 0 Å². The van der Waals surface area contributed by atoms with Gasteiger partial charge >= 0.3 is 5.97 Å². The van der Waals surface area contributed by atoms with Crippen LogP contribution in [0.1, 0.15) is 27.2 Å². The van der Waals surface area contributed by atoms with Crippen LogP contribution in [0, 0.1) is 0 Å². The topological polar surface area (TPSA) is 74.7 Å². The quantitative estimate of drug-likeness (QED) is 0.684. The molecule has 0 radical (unpaired) electrons. The van der Waals surface area contributed by atoms with Gasteiger partial charge in [-0.1, -0.05) is 20.8 Å². The molecule has 0 saturated carbocycles. The third-order valence-corrected chi connectivity index (χ3v) is 4.82. The van der Waals surface area contributed by atoms with Gasteiger partial charge in [0, 0.05) is 6.54 Å². The molecule has 5 nitrogen and oxygen atoms in total. The summed E-state index contributed by atoms with van der Waals surface area (Å²) in [5, 5.41) is 7.53. The number of rotatable bonds is 8. The molecule has 0 bridgehead atoms. The van der Waals surface area contributed by atoms with Gasteiger partial charge in [-0.25, -0.2) is 8.42 Å². The molecular weight excluding hydrogens is 230 g/mol. The minimum atomic E-state index is -3.53. The fraction of sp³-hybridized carbons (Fsp3) is 0.900. The lowest BCUT2D eigenvalue weighted by atomic mass is 10.3. The third kappa shape index (κ3) is 4.49. The summed E-state index contributed by atoms with van der Waals surface area (Å²) < 4.78 is 23.5. The molecule has 0 heterocycles. The second-order valence-corrected chi connectivity index (χ2v) is 5.93. The first-order valence-electron chi connectivity index (χ1n) is 5.55. The van der Waals surface area contributed by atoms with Crippen molar-refractivity contribution in [2.45, 2.75) is 32.4 Å². The first kappa shape index (κ1) is 15.4. The summed E-state index contributed by atoms with van der Waals surface area (Å²) in [6.45, 7) is 7.42. The Bertz CT molecular complexity index is 309. The average Bonchev–Trinajstić information content (AvgIpc) is 2.19. The molecule has 0 fully saturated rings. The lowest BCUT2D eigenvalue weighted by Crippen LogP contribution is -2.36. The fourth-order valence-corrected chi connectivity index (χ4v) is 3.13. The van der Waals surface area contributed by atoms with E-state index in [-0.39, 0.29) is 12.2 Å². The second-order valence-electron chi connectivity index (χ2n) is 3.63. The average molecular weight is 251 g/mol. The first-order valence-corrected chi connectivity index (χ1v) is 7.27. The lowest BCUT2D eigenvalue weighted by Gasteiger charge is -2.19. The van der Waals surface area contributed by atoms with Crippen LogP contribution in [0.2, 0.25) is 0 Å². The Kier molecular flexibility index (Phi) is 6.59. The number of nitrogens with zero attached hydrogens (tertiary/aromatic N) is 1. The summed E-state index contributed by atoms with van der Waals surface area (Å²) in [7, 11) is -3.53. The molecule has 0 amide bonds. The van der Waals surface area contributed by atoms with E-state index >= 15 is 0 Å². The standard InChI is InChI=1S/C10H21NO4S/c1-4-9(10(12)13)16(14,15)8-7-11(5-2)6-3/h9H,4-8H2,1-3H3,(H,12,13). The highest BCUT2D eigenvalue weighted by atomic mass is 32.2. The van der Waals surface area contributed by atoms with Crippen molar-refractivity contribution in [2.24, 2.45) is 0 Å². The largest absolute Gasteiger partial charge is 0.480 e. The Morgan fingerprint density at radius 1 is 1.25 bits per heavy atom. The van der Waals surface area contributed by atoms with Crippen LogP contribution in [-0.2, 0) is 14.6 Å². The van der Waals surface area contributed by atoms with Crippen LogP contribution in [0.25, 0.3) is 0 Å². The molecule has 1 atom stereocenters. The van der Waals surface area contributed by atoms with Crippen LogP contribution in [-0.4, -0.2) is 55.0 Å². The first-order chi connectivity index (χ1) is 7.38. The summed E-state index contributed by atoms with van der Waals surface area (Å²) in [6.07, 6.45) is 0.121. The van der Waals surface area contributed by atoms with Gasteiger partial charge < -0.3 is 10.0 Å². The fourth-order valence-electron chi connectivity index (χ4n) is 1.52. The summed E-state index contributed by atoms with van der Waals surface area (Å²) in [5.41, 5.74) is 0. The van der Waals surface area contributed by atoms with Crippen molar-refractivity contribution in [1.29, 1.82) is 0 Å². The number of hydrogen-bond donors (Lipinski definition) is 1. The molecule has 0 rings (SSSR count). The molecule has 1 unspecified atom stereocenters. The van der Waals surface area contributed by atoms with Crippen molar-refractivity contribution in [3.63, 3.8) is 0 Å². The Balaban J connectivity index is 4.50. The van der Waals surface area contributed by atoms with Gasteiger partial charge in [0.15, 0.2) is 15.1 Å². The molecule has 1 N–H and O–H groups in total. The molecule has 0 spiro atoms. The van der Waals surface area contributed by atoms with Gasteiger partial charge in [0.1, 0.15) is 0 Å². The molecule has 0 aliphatic carbocycles. The highest BCUT2D eigenvalue weighted by Gasteiger charge is 2.30. The van der Waals surface area contributed by atoms with E-state index in [1.807, 2.05) is 18.7 Å². The van der Waals surface area contributed by atoms with Gasteiger partial charge in [0.05, 0.1) is 5.75 Å². The Morgan fingerprint density at radius 3 is 2.06 bits per heavy atom. The third-order valence-electron chi connectivity index (χ3n) is 2.67. The summed E-state index contributed by atoms with van der Waals surface area (Å²) in [4.78, 5) is 12.7. The molecule has 16 heavy (non-hydrogen) atoms. The molecular formula is C10H21NO4S. The van der Waals surface area contributed by atoms with Crippen molar-refractivity contribution < 1.29 is 18.3 Å². The maximum atomic E-state index is 11.7. The smallest absolute Gasteiger partial charge is 0.321 e. The van der Waals surface area contributed by atoms with Crippen LogP contribution >= 0.6 is 0 Å². The van der Waals surface area contributed by atoms with Crippen molar-refractivity contribution in [3.8, 4) is 0 Å². The number of aliphatic carboxylic acids is 1. The van der Waals surface area contributed by atoms with Crippen molar-refractivity contribution in [1.82, 2.24) is 4.90 Å². The monoisotopic (exact) mass is 251 g/mol. The second kappa shape index (κ2) is 6.85. The number of sulfone groups is 1. The van der Waals surface area contributed by atoms with E-state index < -0.39 is 21.1 Å². The lowest BCUT2D eigenvalue weighted by molar-refractivity contribution is -0.136. The summed E-state index contributed by atoms with van der Waals surface area (Å²) in [5.74, 6) is -1.33. The zero-order valence-corrected chi connectivity index (χ0v) is 11.0. The summed E-state index contributed by atoms with van der Waals surface area (Å²) >= 11 is 0. The van der Waals surface area contributed by atoms with Crippen LogP contribution < -0.4 is 0 Å². The number of carboxylic acids is 1. The van der Waals surface area contributed by atoms with E-state index in [0.29, 0.717) is 6.54 Å². The molecule has 96 valence electrons. The van der Waals surface area contributed by atoms with Crippen LogP contribution in [0.3, 0.4) is 0 Å². The predicted octanol–water partition coefficient (Wildman–Crippen LogP) is 0.606.